The van der Waals surface area contributed by atoms with Crippen molar-refractivity contribution in [1.29, 1.82) is 0 Å². The monoisotopic (exact) mass is 366 g/mol. The molecule has 1 aliphatic rings. The molecule has 1 saturated heterocycles. The first-order valence-electron chi connectivity index (χ1n) is 11.0. The van der Waals surface area contributed by atoms with Crippen molar-refractivity contribution < 1.29 is 9.59 Å². The van der Waals surface area contributed by atoms with Crippen molar-refractivity contribution in [1.82, 2.24) is 9.80 Å². The van der Waals surface area contributed by atoms with Crippen LogP contribution in [0.4, 0.5) is 0 Å². The zero-order valence-electron chi connectivity index (χ0n) is 18.1. The third-order valence-electron chi connectivity index (χ3n) is 6.05. The van der Waals surface area contributed by atoms with Gasteiger partial charge in [0.05, 0.1) is 0 Å². The Hall–Kier alpha value is -1.06. The molecule has 1 fully saturated rings. The Kier molecular flexibility index (Phi) is 10.3. The van der Waals surface area contributed by atoms with Crippen molar-refractivity contribution >= 4 is 11.8 Å². The highest BCUT2D eigenvalue weighted by Gasteiger charge is 2.37. The topological polar surface area (TPSA) is 40.6 Å². The second-order valence-electron chi connectivity index (χ2n) is 8.17. The number of hydrogen-bond acceptors (Lipinski definition) is 2. The molecule has 4 heteroatoms. The normalized spacial score (nSPS) is 23.0. The van der Waals surface area contributed by atoms with E-state index in [1.54, 1.807) is 0 Å². The number of amides is 2. The van der Waals surface area contributed by atoms with Crippen LogP contribution in [0.1, 0.15) is 92.9 Å². The standard InChI is InChI=1S/C22H42N2O2/c1-7-11-13-19(9-3)21(25)23-15-18(6)24(16-17(23)5)22(26)20(10-4)14-12-8-2/h17-20H,7-16H2,1-6H3/t17-,18-,19-,20+/m0/s1. The maximum Gasteiger partial charge on any atom is 0.226 e. The van der Waals surface area contributed by atoms with Gasteiger partial charge in [0, 0.05) is 37.0 Å². The van der Waals surface area contributed by atoms with Gasteiger partial charge in [-0.2, -0.15) is 0 Å². The SMILES string of the molecule is CCCC[C@@H](CC)C(=O)N1C[C@H](C)N(C(=O)[C@@H](CC)CCCC)C[C@@H]1C. The molecule has 152 valence electrons. The van der Waals surface area contributed by atoms with E-state index in [2.05, 4.69) is 41.5 Å². The van der Waals surface area contributed by atoms with Crippen LogP contribution in [0, 0.1) is 11.8 Å². The largest absolute Gasteiger partial charge is 0.336 e. The molecule has 0 saturated carbocycles. The smallest absolute Gasteiger partial charge is 0.226 e. The van der Waals surface area contributed by atoms with Gasteiger partial charge in [-0.15, -0.1) is 0 Å². The summed E-state index contributed by atoms with van der Waals surface area (Å²) in [4.78, 5) is 30.1. The zero-order chi connectivity index (χ0) is 19.7. The lowest BCUT2D eigenvalue weighted by Gasteiger charge is -2.46. The third-order valence-corrected chi connectivity index (χ3v) is 6.05. The van der Waals surface area contributed by atoms with Crippen LogP contribution < -0.4 is 0 Å². The van der Waals surface area contributed by atoms with Crippen LogP contribution in [-0.2, 0) is 9.59 Å². The highest BCUT2D eigenvalue weighted by Crippen LogP contribution is 2.25. The molecule has 26 heavy (non-hydrogen) atoms. The summed E-state index contributed by atoms with van der Waals surface area (Å²) < 4.78 is 0. The zero-order valence-corrected chi connectivity index (χ0v) is 18.1. The van der Waals surface area contributed by atoms with E-state index in [-0.39, 0.29) is 23.9 Å². The predicted octanol–water partition coefficient (Wildman–Crippen LogP) is 4.87. The van der Waals surface area contributed by atoms with Crippen LogP contribution in [-0.4, -0.2) is 46.8 Å². The van der Waals surface area contributed by atoms with Crippen molar-refractivity contribution in [2.24, 2.45) is 11.8 Å². The van der Waals surface area contributed by atoms with Gasteiger partial charge in [0.15, 0.2) is 0 Å². The van der Waals surface area contributed by atoms with E-state index in [0.717, 1.165) is 51.4 Å². The average Bonchev–Trinajstić information content (AvgIpc) is 2.64. The molecule has 0 aliphatic carbocycles. The molecule has 0 bridgehead atoms. The number of carbonyl (C=O) groups excluding carboxylic acids is 2. The molecule has 0 N–H and O–H groups in total. The first-order valence-corrected chi connectivity index (χ1v) is 11.0. The van der Waals surface area contributed by atoms with Crippen molar-refractivity contribution in [3.8, 4) is 0 Å². The summed E-state index contributed by atoms with van der Waals surface area (Å²) >= 11 is 0. The molecular formula is C22H42N2O2. The summed E-state index contributed by atoms with van der Waals surface area (Å²) in [6.45, 7) is 14.1. The first-order chi connectivity index (χ1) is 12.4. The number of nitrogens with zero attached hydrogens (tertiary/aromatic N) is 2. The van der Waals surface area contributed by atoms with E-state index in [9.17, 15) is 9.59 Å². The minimum atomic E-state index is 0.113. The van der Waals surface area contributed by atoms with Crippen LogP contribution in [0.5, 0.6) is 0 Å². The van der Waals surface area contributed by atoms with Gasteiger partial charge in [-0.05, 0) is 39.5 Å². The summed E-state index contributed by atoms with van der Waals surface area (Å²) in [5.41, 5.74) is 0. The first kappa shape index (κ1) is 23.0. The molecule has 4 atom stereocenters. The van der Waals surface area contributed by atoms with Crippen LogP contribution in [0.2, 0.25) is 0 Å². The predicted molar refractivity (Wildman–Crippen MR) is 109 cm³/mol. The fourth-order valence-electron chi connectivity index (χ4n) is 4.12. The fraction of sp³-hybridized carbons (Fsp3) is 0.909. The van der Waals surface area contributed by atoms with E-state index >= 15 is 0 Å². The molecule has 0 spiro atoms. The molecule has 4 nitrogen and oxygen atoms in total. The Morgan fingerprint density at radius 2 is 1.12 bits per heavy atom. The quantitative estimate of drug-likeness (QED) is 0.553. The number of hydrogen-bond donors (Lipinski definition) is 0. The molecule has 0 unspecified atom stereocenters. The fourth-order valence-corrected chi connectivity index (χ4v) is 4.12. The van der Waals surface area contributed by atoms with Gasteiger partial charge in [-0.3, -0.25) is 9.59 Å². The lowest BCUT2D eigenvalue weighted by Crippen LogP contribution is -2.61. The molecular weight excluding hydrogens is 324 g/mol. The maximum absolute atomic E-state index is 13.0. The van der Waals surface area contributed by atoms with E-state index in [1.807, 2.05) is 9.80 Å². The summed E-state index contributed by atoms with van der Waals surface area (Å²) in [6.07, 6.45) is 8.29. The van der Waals surface area contributed by atoms with Crippen LogP contribution in [0.15, 0.2) is 0 Å². The van der Waals surface area contributed by atoms with Crippen LogP contribution in [0.25, 0.3) is 0 Å². The molecule has 0 radical (unpaired) electrons. The van der Waals surface area contributed by atoms with Gasteiger partial charge in [0.1, 0.15) is 0 Å². The van der Waals surface area contributed by atoms with E-state index in [0.29, 0.717) is 24.9 Å². The molecule has 1 aliphatic heterocycles. The lowest BCUT2D eigenvalue weighted by atomic mass is 9.94. The lowest BCUT2D eigenvalue weighted by molar-refractivity contribution is -0.151. The molecule has 1 heterocycles. The summed E-state index contributed by atoms with van der Waals surface area (Å²) in [6, 6.07) is 0.226. The van der Waals surface area contributed by atoms with Crippen LogP contribution in [0.3, 0.4) is 0 Å². The van der Waals surface area contributed by atoms with Crippen molar-refractivity contribution in [3.63, 3.8) is 0 Å². The van der Waals surface area contributed by atoms with E-state index in [4.69, 9.17) is 0 Å². The number of unbranched alkanes of at least 4 members (excludes halogenated alkanes) is 2. The molecule has 2 amide bonds. The Morgan fingerprint density at radius 3 is 1.38 bits per heavy atom. The van der Waals surface area contributed by atoms with Crippen molar-refractivity contribution in [2.75, 3.05) is 13.1 Å². The summed E-state index contributed by atoms with van der Waals surface area (Å²) in [7, 11) is 0. The van der Waals surface area contributed by atoms with Gasteiger partial charge < -0.3 is 9.80 Å². The van der Waals surface area contributed by atoms with Crippen molar-refractivity contribution in [2.45, 2.75) is 105 Å². The molecule has 0 aromatic rings. The number of rotatable bonds is 10. The summed E-state index contributed by atoms with van der Waals surface area (Å²) in [5, 5.41) is 0. The maximum atomic E-state index is 13.0. The number of piperazine rings is 1. The second-order valence-corrected chi connectivity index (χ2v) is 8.17. The molecule has 1 rings (SSSR count). The van der Waals surface area contributed by atoms with Gasteiger partial charge in [0.2, 0.25) is 11.8 Å². The third kappa shape index (κ3) is 5.99. The van der Waals surface area contributed by atoms with Crippen LogP contribution >= 0.6 is 0 Å². The average molecular weight is 367 g/mol. The number of carbonyl (C=O) groups is 2. The highest BCUT2D eigenvalue weighted by molar-refractivity contribution is 5.81. The Labute approximate surface area is 161 Å². The van der Waals surface area contributed by atoms with Gasteiger partial charge in [-0.25, -0.2) is 0 Å². The van der Waals surface area contributed by atoms with E-state index < -0.39 is 0 Å². The van der Waals surface area contributed by atoms with Gasteiger partial charge in [0.25, 0.3) is 0 Å². The minimum absolute atomic E-state index is 0.113. The Balaban J connectivity index is 2.76. The van der Waals surface area contributed by atoms with Gasteiger partial charge in [-0.1, -0.05) is 53.4 Å². The van der Waals surface area contributed by atoms with E-state index in [1.165, 1.54) is 0 Å². The Morgan fingerprint density at radius 1 is 0.769 bits per heavy atom. The summed E-state index contributed by atoms with van der Waals surface area (Å²) in [5.74, 6) is 0.871. The second kappa shape index (κ2) is 11.6. The molecule has 0 aromatic carbocycles. The highest BCUT2D eigenvalue weighted by atomic mass is 16.2. The Bertz CT molecular complexity index is 398. The van der Waals surface area contributed by atoms with Crippen molar-refractivity contribution in [3.05, 3.63) is 0 Å². The van der Waals surface area contributed by atoms with Gasteiger partial charge >= 0.3 is 0 Å². The minimum Gasteiger partial charge on any atom is -0.336 e. The molecule has 0 aromatic heterocycles.